The molecular weight excluding hydrogens is 227 g/mol. The Kier molecular flexibility index (Phi) is 3.43. The zero-order chi connectivity index (χ0) is 12.5. The number of nitrogens with one attached hydrogen (secondary N) is 1. The van der Waals surface area contributed by atoms with Gasteiger partial charge in [0.25, 0.3) is 0 Å². The predicted molar refractivity (Wildman–Crippen MR) is 60.7 cm³/mol. The summed E-state index contributed by atoms with van der Waals surface area (Å²) in [5.41, 5.74) is -0.0690. The molecule has 0 spiro atoms. The third-order valence-electron chi connectivity index (χ3n) is 3.27. The van der Waals surface area contributed by atoms with Crippen molar-refractivity contribution in [1.29, 1.82) is 0 Å². The van der Waals surface area contributed by atoms with Gasteiger partial charge in [0, 0.05) is 6.04 Å². The Morgan fingerprint density at radius 3 is 2.59 bits per heavy atom. The van der Waals surface area contributed by atoms with Gasteiger partial charge in [-0.15, -0.1) is 0 Å². The lowest BCUT2D eigenvalue weighted by atomic mass is 9.94. The van der Waals surface area contributed by atoms with E-state index in [-0.39, 0.29) is 0 Å². The summed E-state index contributed by atoms with van der Waals surface area (Å²) in [7, 11) is 0. The van der Waals surface area contributed by atoms with Crippen LogP contribution in [0, 0.1) is 5.92 Å². The monoisotopic (exact) mass is 243 g/mol. The van der Waals surface area contributed by atoms with E-state index in [0.717, 1.165) is 13.0 Å². The molecule has 0 saturated carbocycles. The molecule has 4 heteroatoms. The van der Waals surface area contributed by atoms with Crippen LogP contribution in [-0.4, -0.2) is 12.6 Å². The molecule has 1 heterocycles. The number of benzene rings is 1. The molecule has 2 unspecified atom stereocenters. The fourth-order valence-electron chi connectivity index (χ4n) is 2.48. The third-order valence-corrected chi connectivity index (χ3v) is 3.27. The molecule has 1 aliphatic rings. The smallest absolute Gasteiger partial charge is 0.314 e. The largest absolute Gasteiger partial charge is 0.416 e. The second-order valence-electron chi connectivity index (χ2n) is 4.77. The maximum absolute atomic E-state index is 12.8. The molecule has 1 aliphatic heterocycles. The molecule has 0 aromatic heterocycles. The van der Waals surface area contributed by atoms with E-state index in [2.05, 4.69) is 12.2 Å². The van der Waals surface area contributed by atoms with Gasteiger partial charge >= 0.3 is 6.18 Å². The fourth-order valence-corrected chi connectivity index (χ4v) is 2.48. The normalized spacial score (nSPS) is 25.2. The van der Waals surface area contributed by atoms with Crippen LogP contribution in [0.5, 0.6) is 0 Å². The van der Waals surface area contributed by atoms with Gasteiger partial charge in [0.15, 0.2) is 0 Å². The van der Waals surface area contributed by atoms with E-state index in [0.29, 0.717) is 23.9 Å². The lowest BCUT2D eigenvalue weighted by Gasteiger charge is -2.15. The van der Waals surface area contributed by atoms with Crippen LogP contribution < -0.4 is 5.32 Å². The molecule has 0 amide bonds. The van der Waals surface area contributed by atoms with Crippen molar-refractivity contribution < 1.29 is 13.2 Å². The molecule has 1 N–H and O–H groups in total. The van der Waals surface area contributed by atoms with E-state index in [4.69, 9.17) is 0 Å². The van der Waals surface area contributed by atoms with E-state index < -0.39 is 11.7 Å². The highest BCUT2D eigenvalue weighted by atomic mass is 19.4. The van der Waals surface area contributed by atoms with Crippen molar-refractivity contribution in [3.63, 3.8) is 0 Å². The number of halogens is 3. The lowest BCUT2D eigenvalue weighted by Crippen LogP contribution is -2.17. The Morgan fingerprint density at radius 1 is 1.29 bits per heavy atom. The zero-order valence-corrected chi connectivity index (χ0v) is 9.72. The molecule has 1 saturated heterocycles. The molecule has 94 valence electrons. The molecule has 2 atom stereocenters. The van der Waals surface area contributed by atoms with Crippen molar-refractivity contribution in [2.75, 3.05) is 6.54 Å². The molecule has 0 aliphatic carbocycles. The summed E-state index contributed by atoms with van der Waals surface area (Å²) in [5.74, 6) is 0.313. The number of rotatable bonds is 2. The molecule has 1 aromatic rings. The van der Waals surface area contributed by atoms with Crippen molar-refractivity contribution >= 4 is 0 Å². The van der Waals surface area contributed by atoms with Crippen LogP contribution in [0.25, 0.3) is 0 Å². The van der Waals surface area contributed by atoms with Gasteiger partial charge in [-0.05, 0) is 43.9 Å². The van der Waals surface area contributed by atoms with E-state index in [1.807, 2.05) is 0 Å². The summed E-state index contributed by atoms with van der Waals surface area (Å²) in [5, 5.41) is 3.27. The van der Waals surface area contributed by atoms with E-state index in [1.54, 1.807) is 12.1 Å². The van der Waals surface area contributed by atoms with Crippen molar-refractivity contribution in [2.45, 2.75) is 32.0 Å². The van der Waals surface area contributed by atoms with Gasteiger partial charge in [-0.25, -0.2) is 0 Å². The molecule has 0 bridgehead atoms. The minimum Gasteiger partial charge on any atom is -0.314 e. The first kappa shape index (κ1) is 12.4. The SMILES string of the molecule is CC1CC(Cc2ccccc2C(F)(F)F)CN1. The van der Waals surface area contributed by atoms with Gasteiger partial charge in [0.1, 0.15) is 0 Å². The Morgan fingerprint density at radius 2 is 2.00 bits per heavy atom. The minimum atomic E-state index is -4.24. The van der Waals surface area contributed by atoms with Gasteiger partial charge in [0.2, 0.25) is 0 Å². The Bertz CT molecular complexity index is 386. The van der Waals surface area contributed by atoms with Gasteiger partial charge in [-0.2, -0.15) is 13.2 Å². The van der Waals surface area contributed by atoms with Crippen LogP contribution in [0.2, 0.25) is 0 Å². The highest BCUT2D eigenvalue weighted by Gasteiger charge is 2.33. The first-order chi connectivity index (χ1) is 7.97. The maximum atomic E-state index is 12.8. The second kappa shape index (κ2) is 4.69. The van der Waals surface area contributed by atoms with Crippen LogP contribution in [0.15, 0.2) is 24.3 Å². The molecule has 1 nitrogen and oxygen atoms in total. The number of hydrogen-bond donors (Lipinski definition) is 1. The van der Waals surface area contributed by atoms with E-state index in [1.165, 1.54) is 12.1 Å². The van der Waals surface area contributed by atoms with Crippen LogP contribution >= 0.6 is 0 Å². The number of alkyl halides is 3. The first-order valence-electron chi connectivity index (χ1n) is 5.85. The fraction of sp³-hybridized carbons (Fsp3) is 0.538. The summed E-state index contributed by atoms with van der Waals surface area (Å²) in [6.07, 6.45) is -2.78. The summed E-state index contributed by atoms with van der Waals surface area (Å²) < 4.78 is 38.4. The van der Waals surface area contributed by atoms with Crippen LogP contribution in [0.4, 0.5) is 13.2 Å². The van der Waals surface area contributed by atoms with Crippen molar-refractivity contribution in [2.24, 2.45) is 5.92 Å². The Hall–Kier alpha value is -1.03. The van der Waals surface area contributed by atoms with Crippen molar-refractivity contribution in [3.05, 3.63) is 35.4 Å². The highest BCUT2D eigenvalue weighted by molar-refractivity contribution is 5.30. The van der Waals surface area contributed by atoms with Crippen LogP contribution in [0.3, 0.4) is 0 Å². The van der Waals surface area contributed by atoms with Crippen LogP contribution in [0.1, 0.15) is 24.5 Å². The first-order valence-corrected chi connectivity index (χ1v) is 5.85. The summed E-state index contributed by atoms with van der Waals surface area (Å²) >= 11 is 0. The van der Waals surface area contributed by atoms with Crippen molar-refractivity contribution in [3.8, 4) is 0 Å². The molecule has 17 heavy (non-hydrogen) atoms. The van der Waals surface area contributed by atoms with Gasteiger partial charge in [0.05, 0.1) is 5.56 Å². The Balaban J connectivity index is 2.15. The standard InChI is InChI=1S/C13H16F3N/c1-9-6-10(8-17-9)7-11-4-2-3-5-12(11)13(14,15)16/h2-5,9-10,17H,6-8H2,1H3. The Labute approximate surface area is 99.0 Å². The van der Waals surface area contributed by atoms with E-state index in [9.17, 15) is 13.2 Å². The molecule has 2 rings (SSSR count). The molecule has 1 aromatic carbocycles. The quantitative estimate of drug-likeness (QED) is 0.840. The predicted octanol–water partition coefficient (Wildman–Crippen LogP) is 3.25. The van der Waals surface area contributed by atoms with Crippen molar-refractivity contribution in [1.82, 2.24) is 5.32 Å². The maximum Gasteiger partial charge on any atom is 0.416 e. The summed E-state index contributed by atoms with van der Waals surface area (Å²) in [4.78, 5) is 0. The zero-order valence-electron chi connectivity index (χ0n) is 9.72. The topological polar surface area (TPSA) is 12.0 Å². The average molecular weight is 243 g/mol. The third kappa shape index (κ3) is 3.00. The summed E-state index contributed by atoms with van der Waals surface area (Å²) in [6.45, 7) is 2.88. The average Bonchev–Trinajstić information content (AvgIpc) is 2.63. The minimum absolute atomic E-state index is 0.313. The van der Waals surface area contributed by atoms with E-state index >= 15 is 0 Å². The van der Waals surface area contributed by atoms with Gasteiger partial charge < -0.3 is 5.32 Å². The highest BCUT2D eigenvalue weighted by Crippen LogP contribution is 2.33. The van der Waals surface area contributed by atoms with Crippen LogP contribution in [-0.2, 0) is 12.6 Å². The lowest BCUT2D eigenvalue weighted by molar-refractivity contribution is -0.138. The number of hydrogen-bond acceptors (Lipinski definition) is 1. The molecule has 1 fully saturated rings. The molecule has 0 radical (unpaired) electrons. The summed E-state index contributed by atoms with van der Waals surface area (Å²) in [6, 6.07) is 6.29. The molecular formula is C13H16F3N. The second-order valence-corrected chi connectivity index (χ2v) is 4.77. The van der Waals surface area contributed by atoms with Gasteiger partial charge in [-0.1, -0.05) is 18.2 Å². The van der Waals surface area contributed by atoms with Gasteiger partial charge in [-0.3, -0.25) is 0 Å².